The number of ketones is 1. The molecule has 1 aromatic carbocycles. The van der Waals surface area contributed by atoms with E-state index in [1.54, 1.807) is 12.3 Å². The molecule has 0 amide bonds. The minimum Gasteiger partial charge on any atom is -0.459 e. The molecule has 29 heavy (non-hydrogen) atoms. The maximum Gasteiger partial charge on any atom is 0.306 e. The van der Waals surface area contributed by atoms with Gasteiger partial charge in [-0.2, -0.15) is 0 Å². The molecular weight excluding hydrogens is 368 g/mol. The molecule has 4 rings (SSSR count). The van der Waals surface area contributed by atoms with Gasteiger partial charge in [-0.1, -0.05) is 18.2 Å². The maximum atomic E-state index is 12.4. The standard InChI is InChI=1S/C23H22N2O4/c1-15-5-9-21-24-19(12-22(27)25(21)13-15)14-29-23(28)10-8-20(26)18-7-6-16-3-2-4-17(16)11-18/h5-7,9,11-13H,2-4,8,10,14H2,1H3. The molecule has 0 radical (unpaired) electrons. The molecule has 2 heterocycles. The van der Waals surface area contributed by atoms with E-state index in [-0.39, 0.29) is 30.8 Å². The van der Waals surface area contributed by atoms with Crippen LogP contribution in [0.5, 0.6) is 0 Å². The lowest BCUT2D eigenvalue weighted by atomic mass is 10.0. The highest BCUT2D eigenvalue weighted by molar-refractivity contribution is 5.97. The van der Waals surface area contributed by atoms with E-state index >= 15 is 0 Å². The third kappa shape index (κ3) is 4.26. The number of Topliss-reactive ketones (excluding diaryl/α,β-unsaturated/α-hetero) is 1. The lowest BCUT2D eigenvalue weighted by Gasteiger charge is -2.07. The van der Waals surface area contributed by atoms with Crippen LogP contribution in [0.3, 0.4) is 0 Å². The number of aryl methyl sites for hydroxylation is 3. The molecule has 0 N–H and O–H groups in total. The van der Waals surface area contributed by atoms with Crippen molar-refractivity contribution < 1.29 is 14.3 Å². The molecule has 0 aliphatic heterocycles. The zero-order valence-electron chi connectivity index (χ0n) is 16.3. The molecule has 0 fully saturated rings. The Morgan fingerprint density at radius 2 is 1.90 bits per heavy atom. The summed E-state index contributed by atoms with van der Waals surface area (Å²) in [6.07, 6.45) is 5.03. The Labute approximate surface area is 168 Å². The lowest BCUT2D eigenvalue weighted by molar-refractivity contribution is -0.145. The average molecular weight is 390 g/mol. The van der Waals surface area contributed by atoms with Crippen LogP contribution in [0.1, 0.15) is 52.0 Å². The Bertz CT molecular complexity index is 1160. The first-order valence-electron chi connectivity index (χ1n) is 9.79. The second-order valence-electron chi connectivity index (χ2n) is 7.44. The predicted octanol–water partition coefficient (Wildman–Crippen LogP) is 3.20. The van der Waals surface area contributed by atoms with Crippen molar-refractivity contribution in [2.45, 2.75) is 45.6 Å². The van der Waals surface area contributed by atoms with Gasteiger partial charge >= 0.3 is 5.97 Å². The molecule has 0 spiro atoms. The molecule has 0 saturated carbocycles. The molecule has 6 heteroatoms. The van der Waals surface area contributed by atoms with Crippen molar-refractivity contribution in [2.75, 3.05) is 0 Å². The Balaban J connectivity index is 1.33. The summed E-state index contributed by atoms with van der Waals surface area (Å²) in [7, 11) is 0. The monoisotopic (exact) mass is 390 g/mol. The molecule has 3 aromatic rings. The number of ether oxygens (including phenoxy) is 1. The van der Waals surface area contributed by atoms with Crippen LogP contribution in [0, 0.1) is 6.92 Å². The van der Waals surface area contributed by atoms with Gasteiger partial charge in [-0.3, -0.25) is 18.8 Å². The molecule has 0 atom stereocenters. The molecule has 1 aliphatic rings. The van der Waals surface area contributed by atoms with Gasteiger partial charge in [0.15, 0.2) is 5.78 Å². The number of esters is 1. The zero-order valence-corrected chi connectivity index (χ0v) is 16.3. The molecule has 1 aliphatic carbocycles. The number of hydrogen-bond donors (Lipinski definition) is 0. The minimum absolute atomic E-state index is 0.00166. The fourth-order valence-electron chi connectivity index (χ4n) is 3.66. The van der Waals surface area contributed by atoms with Crippen LogP contribution in [-0.2, 0) is 29.0 Å². The zero-order chi connectivity index (χ0) is 20.4. The van der Waals surface area contributed by atoms with Crippen molar-refractivity contribution in [3.63, 3.8) is 0 Å². The highest BCUT2D eigenvalue weighted by atomic mass is 16.5. The number of fused-ring (bicyclic) bond motifs is 2. The highest BCUT2D eigenvalue weighted by Gasteiger charge is 2.15. The Hall–Kier alpha value is -3.28. The van der Waals surface area contributed by atoms with Crippen LogP contribution in [0.15, 0.2) is 47.4 Å². The minimum atomic E-state index is -0.481. The third-order valence-corrected chi connectivity index (χ3v) is 5.22. The Morgan fingerprint density at radius 3 is 2.76 bits per heavy atom. The number of pyridine rings is 1. The molecule has 0 bridgehead atoms. The quantitative estimate of drug-likeness (QED) is 0.477. The van der Waals surface area contributed by atoms with E-state index in [4.69, 9.17) is 4.74 Å². The molecule has 2 aromatic heterocycles. The SMILES string of the molecule is Cc1ccc2nc(COC(=O)CCC(=O)c3ccc4c(c3)CCC4)cc(=O)n2c1. The fraction of sp³-hybridized carbons (Fsp3) is 0.304. The fourth-order valence-corrected chi connectivity index (χ4v) is 3.66. The summed E-state index contributed by atoms with van der Waals surface area (Å²) in [4.78, 5) is 41.0. The first-order valence-corrected chi connectivity index (χ1v) is 9.79. The predicted molar refractivity (Wildman–Crippen MR) is 108 cm³/mol. The molecular formula is C23H22N2O4. The smallest absolute Gasteiger partial charge is 0.306 e. The van der Waals surface area contributed by atoms with Crippen molar-refractivity contribution >= 4 is 17.4 Å². The van der Waals surface area contributed by atoms with Crippen molar-refractivity contribution in [2.24, 2.45) is 0 Å². The number of rotatable bonds is 6. The van der Waals surface area contributed by atoms with Crippen LogP contribution >= 0.6 is 0 Å². The van der Waals surface area contributed by atoms with Crippen molar-refractivity contribution in [3.8, 4) is 0 Å². The van der Waals surface area contributed by atoms with E-state index in [0.717, 1.165) is 24.8 Å². The molecule has 0 unspecified atom stereocenters. The van der Waals surface area contributed by atoms with Gasteiger partial charge in [0.25, 0.3) is 5.56 Å². The van der Waals surface area contributed by atoms with E-state index in [9.17, 15) is 14.4 Å². The Kier molecular flexibility index (Phi) is 5.25. The number of benzene rings is 1. The summed E-state index contributed by atoms with van der Waals surface area (Å²) < 4.78 is 6.67. The van der Waals surface area contributed by atoms with E-state index in [2.05, 4.69) is 4.98 Å². The van der Waals surface area contributed by atoms with E-state index in [1.807, 2.05) is 31.2 Å². The van der Waals surface area contributed by atoms with Crippen LogP contribution < -0.4 is 5.56 Å². The second kappa shape index (κ2) is 7.99. The molecule has 0 saturated heterocycles. The topological polar surface area (TPSA) is 77.7 Å². The summed E-state index contributed by atoms with van der Waals surface area (Å²) in [5, 5.41) is 0. The van der Waals surface area contributed by atoms with Crippen LogP contribution in [-0.4, -0.2) is 21.1 Å². The summed E-state index contributed by atoms with van der Waals surface area (Å²) >= 11 is 0. The third-order valence-electron chi connectivity index (χ3n) is 5.22. The second-order valence-corrected chi connectivity index (χ2v) is 7.44. The number of hydrogen-bond acceptors (Lipinski definition) is 5. The van der Waals surface area contributed by atoms with Gasteiger partial charge in [-0.15, -0.1) is 0 Å². The van der Waals surface area contributed by atoms with Gasteiger partial charge < -0.3 is 4.74 Å². The van der Waals surface area contributed by atoms with Crippen LogP contribution in [0.2, 0.25) is 0 Å². The van der Waals surface area contributed by atoms with Gasteiger partial charge in [-0.05, 0) is 55.0 Å². The van der Waals surface area contributed by atoms with Gasteiger partial charge in [0.1, 0.15) is 12.3 Å². The molecule has 148 valence electrons. The average Bonchev–Trinajstić information content (AvgIpc) is 3.19. The van der Waals surface area contributed by atoms with Crippen molar-refractivity contribution in [1.82, 2.24) is 9.38 Å². The van der Waals surface area contributed by atoms with E-state index in [1.165, 1.54) is 21.6 Å². The number of aromatic nitrogens is 2. The number of carbonyl (C=O) groups excluding carboxylic acids is 2. The normalized spacial score (nSPS) is 12.7. The van der Waals surface area contributed by atoms with E-state index in [0.29, 0.717) is 16.9 Å². The first-order chi connectivity index (χ1) is 14.0. The van der Waals surface area contributed by atoms with Gasteiger partial charge in [0.2, 0.25) is 0 Å². The number of carbonyl (C=O) groups is 2. The van der Waals surface area contributed by atoms with Gasteiger partial charge in [0.05, 0.1) is 12.1 Å². The largest absolute Gasteiger partial charge is 0.459 e. The van der Waals surface area contributed by atoms with Crippen molar-refractivity contribution in [3.05, 3.63) is 80.9 Å². The van der Waals surface area contributed by atoms with Gasteiger partial charge in [0, 0.05) is 24.2 Å². The number of nitrogens with zero attached hydrogens (tertiary/aromatic N) is 2. The lowest BCUT2D eigenvalue weighted by Crippen LogP contribution is -2.17. The summed E-state index contributed by atoms with van der Waals surface area (Å²) in [5.74, 6) is -0.542. The van der Waals surface area contributed by atoms with Crippen LogP contribution in [0.25, 0.3) is 5.65 Å². The Morgan fingerprint density at radius 1 is 1.07 bits per heavy atom. The first kappa shape index (κ1) is 19.1. The molecule has 6 nitrogen and oxygen atoms in total. The van der Waals surface area contributed by atoms with E-state index < -0.39 is 5.97 Å². The summed E-state index contributed by atoms with van der Waals surface area (Å²) in [6, 6.07) is 10.8. The highest BCUT2D eigenvalue weighted by Crippen LogP contribution is 2.23. The summed E-state index contributed by atoms with van der Waals surface area (Å²) in [6.45, 7) is 1.80. The van der Waals surface area contributed by atoms with Crippen LogP contribution in [0.4, 0.5) is 0 Å². The van der Waals surface area contributed by atoms with Crippen molar-refractivity contribution in [1.29, 1.82) is 0 Å². The summed E-state index contributed by atoms with van der Waals surface area (Å²) in [5.41, 5.74) is 4.82. The van der Waals surface area contributed by atoms with Gasteiger partial charge in [-0.25, -0.2) is 4.98 Å². The maximum absolute atomic E-state index is 12.4.